The molecular weight excluding hydrogens is 574 g/mol. The minimum atomic E-state index is -3.80. The van der Waals surface area contributed by atoms with Crippen molar-refractivity contribution in [3.8, 4) is 0 Å². The number of aryl methyl sites for hydroxylation is 1. The third-order valence-electron chi connectivity index (χ3n) is 7.03. The van der Waals surface area contributed by atoms with Gasteiger partial charge in [0.1, 0.15) is 10.5 Å². The van der Waals surface area contributed by atoms with E-state index < -0.39 is 15.6 Å². The molecule has 1 amide bonds. The van der Waals surface area contributed by atoms with Gasteiger partial charge in [-0.1, -0.05) is 42.0 Å². The van der Waals surface area contributed by atoms with Crippen molar-refractivity contribution in [3.05, 3.63) is 76.6 Å². The first-order valence-corrected chi connectivity index (χ1v) is 15.8. The van der Waals surface area contributed by atoms with Gasteiger partial charge in [0.05, 0.1) is 5.02 Å². The van der Waals surface area contributed by atoms with Crippen molar-refractivity contribution in [2.75, 3.05) is 17.1 Å². The maximum Gasteiger partial charge on any atom is 0.410 e. The van der Waals surface area contributed by atoms with Crippen LogP contribution in [0.4, 0.5) is 16.4 Å². The van der Waals surface area contributed by atoms with Crippen molar-refractivity contribution >= 4 is 51.5 Å². The summed E-state index contributed by atoms with van der Waals surface area (Å²) in [5.74, 6) is 0.572. The van der Waals surface area contributed by atoms with Gasteiger partial charge in [0, 0.05) is 42.8 Å². The summed E-state index contributed by atoms with van der Waals surface area (Å²) in [5, 5.41) is 3.58. The first-order valence-electron chi connectivity index (χ1n) is 13.9. The maximum absolute atomic E-state index is 12.7. The number of ether oxygens (including phenoxy) is 1. The standard InChI is InChI=1S/C31H38ClN5O4S/c1-21-18-25(36-42(39,40)28-9-7-6-8-27(28)32)13-12-23(21)11-10-22-19-33-29(34-20-22)35-24-14-16-26(17-15-24)37(5)30(38)41-31(2,3)4/h6-13,18-20,24,26,36H,14-17H2,1-5H3,(H,33,34,35)/b11-10-. The second kappa shape index (κ2) is 13.1. The number of halogens is 1. The topological polar surface area (TPSA) is 114 Å². The van der Waals surface area contributed by atoms with Crippen LogP contribution in [0.3, 0.4) is 0 Å². The van der Waals surface area contributed by atoms with Crippen molar-refractivity contribution in [3.63, 3.8) is 0 Å². The monoisotopic (exact) mass is 611 g/mol. The van der Waals surface area contributed by atoms with Gasteiger partial charge in [0.2, 0.25) is 5.95 Å². The summed E-state index contributed by atoms with van der Waals surface area (Å²) in [7, 11) is -2.00. The highest BCUT2D eigenvalue weighted by Gasteiger charge is 2.29. The molecule has 1 heterocycles. The van der Waals surface area contributed by atoms with Crippen LogP contribution < -0.4 is 10.0 Å². The summed E-state index contributed by atoms with van der Waals surface area (Å²) in [6, 6.07) is 12.1. The Labute approximate surface area is 253 Å². The number of anilines is 2. The molecule has 2 N–H and O–H groups in total. The third kappa shape index (κ3) is 8.45. The smallest absolute Gasteiger partial charge is 0.410 e. The zero-order chi connectivity index (χ0) is 30.5. The van der Waals surface area contributed by atoms with E-state index in [9.17, 15) is 13.2 Å². The Morgan fingerprint density at radius 3 is 2.33 bits per heavy atom. The van der Waals surface area contributed by atoms with E-state index in [2.05, 4.69) is 20.0 Å². The highest BCUT2D eigenvalue weighted by Crippen LogP contribution is 2.27. The number of nitrogens with one attached hydrogen (secondary N) is 2. The quantitative estimate of drug-likeness (QED) is 0.282. The van der Waals surface area contributed by atoms with Crippen LogP contribution in [0.15, 0.2) is 59.8 Å². The van der Waals surface area contributed by atoms with Crippen molar-refractivity contribution in [1.82, 2.24) is 14.9 Å². The molecule has 0 unspecified atom stereocenters. The average molecular weight is 612 g/mol. The van der Waals surface area contributed by atoms with Crippen LogP contribution in [0.5, 0.6) is 0 Å². The van der Waals surface area contributed by atoms with Gasteiger partial charge in [-0.25, -0.2) is 23.2 Å². The SMILES string of the molecule is Cc1cc(NS(=O)(=O)c2ccccc2Cl)ccc1/C=C\c1cnc(NC2CCC(N(C)C(=O)OC(C)(C)C)CC2)nc1. The van der Waals surface area contributed by atoms with Crippen molar-refractivity contribution in [1.29, 1.82) is 0 Å². The highest BCUT2D eigenvalue weighted by atomic mass is 35.5. The lowest BCUT2D eigenvalue weighted by atomic mass is 9.90. The first kappa shape index (κ1) is 31.3. The molecule has 0 spiro atoms. The largest absolute Gasteiger partial charge is 0.444 e. The predicted octanol–water partition coefficient (Wildman–Crippen LogP) is 7.00. The molecule has 1 aromatic heterocycles. The minimum absolute atomic E-state index is 0.0321. The Morgan fingerprint density at radius 1 is 1.05 bits per heavy atom. The Kier molecular flexibility index (Phi) is 9.78. The number of benzene rings is 2. The van der Waals surface area contributed by atoms with Gasteiger partial charge in [-0.2, -0.15) is 0 Å². The van der Waals surface area contributed by atoms with Crippen LogP contribution in [0.1, 0.15) is 63.1 Å². The van der Waals surface area contributed by atoms with Gasteiger partial charge >= 0.3 is 6.09 Å². The van der Waals surface area contributed by atoms with Crippen molar-refractivity contribution in [2.24, 2.45) is 0 Å². The number of carbonyl (C=O) groups is 1. The molecule has 3 aromatic rings. The summed E-state index contributed by atoms with van der Waals surface area (Å²) in [6.07, 6.45) is 10.7. The zero-order valence-corrected chi connectivity index (χ0v) is 26.2. The van der Waals surface area contributed by atoms with Gasteiger partial charge in [0.25, 0.3) is 10.0 Å². The Balaban J connectivity index is 1.29. The molecular formula is C31H38ClN5O4S. The number of hydrogen-bond acceptors (Lipinski definition) is 7. The molecule has 0 radical (unpaired) electrons. The lowest BCUT2D eigenvalue weighted by molar-refractivity contribution is 0.0185. The number of carbonyl (C=O) groups excluding carboxylic acids is 1. The number of nitrogens with zero attached hydrogens (tertiary/aromatic N) is 3. The van der Waals surface area contributed by atoms with Crippen LogP contribution in [0.25, 0.3) is 12.2 Å². The molecule has 1 aliphatic carbocycles. The second-order valence-electron chi connectivity index (χ2n) is 11.5. The number of sulfonamides is 1. The molecule has 9 nitrogen and oxygen atoms in total. The molecule has 11 heteroatoms. The highest BCUT2D eigenvalue weighted by molar-refractivity contribution is 7.92. The number of amides is 1. The molecule has 1 saturated carbocycles. The molecule has 0 saturated heterocycles. The second-order valence-corrected chi connectivity index (χ2v) is 13.6. The van der Waals surface area contributed by atoms with E-state index in [-0.39, 0.29) is 28.1 Å². The lowest BCUT2D eigenvalue weighted by Gasteiger charge is -2.35. The van der Waals surface area contributed by atoms with E-state index in [0.29, 0.717) is 11.6 Å². The van der Waals surface area contributed by atoms with Gasteiger partial charge in [-0.15, -0.1) is 0 Å². The average Bonchev–Trinajstić information content (AvgIpc) is 2.92. The molecule has 4 rings (SSSR count). The van der Waals surface area contributed by atoms with Crippen molar-refractivity contribution < 1.29 is 17.9 Å². The van der Waals surface area contributed by atoms with Crippen LogP contribution in [0, 0.1) is 6.92 Å². The van der Waals surface area contributed by atoms with Gasteiger partial charge in [-0.05, 0) is 88.8 Å². The normalized spacial score (nSPS) is 17.6. The fourth-order valence-corrected chi connectivity index (χ4v) is 6.33. The fraction of sp³-hybridized carbons (Fsp3) is 0.387. The van der Waals surface area contributed by atoms with E-state index in [0.717, 1.165) is 42.4 Å². The Morgan fingerprint density at radius 2 is 1.71 bits per heavy atom. The number of aromatic nitrogens is 2. The fourth-order valence-electron chi connectivity index (χ4n) is 4.76. The molecule has 224 valence electrons. The zero-order valence-electron chi connectivity index (χ0n) is 24.6. The summed E-state index contributed by atoms with van der Waals surface area (Å²) >= 11 is 6.07. The Bertz CT molecular complexity index is 1530. The first-order chi connectivity index (χ1) is 19.8. The van der Waals surface area contributed by atoms with Crippen LogP contribution >= 0.6 is 11.6 Å². The molecule has 0 aliphatic heterocycles. The van der Waals surface area contributed by atoms with E-state index in [1.165, 1.54) is 6.07 Å². The van der Waals surface area contributed by atoms with Gasteiger partial charge in [-0.3, -0.25) is 4.72 Å². The van der Waals surface area contributed by atoms with E-state index in [4.69, 9.17) is 16.3 Å². The molecule has 42 heavy (non-hydrogen) atoms. The van der Waals surface area contributed by atoms with Gasteiger partial charge in [0.15, 0.2) is 0 Å². The summed E-state index contributed by atoms with van der Waals surface area (Å²) < 4.78 is 33.6. The van der Waals surface area contributed by atoms with E-state index >= 15 is 0 Å². The number of rotatable bonds is 8. The molecule has 0 atom stereocenters. The lowest BCUT2D eigenvalue weighted by Crippen LogP contribution is -2.43. The molecule has 1 aliphatic rings. The van der Waals surface area contributed by atoms with E-state index in [1.54, 1.807) is 54.7 Å². The summed E-state index contributed by atoms with van der Waals surface area (Å²) in [4.78, 5) is 23.1. The molecule has 0 bridgehead atoms. The van der Waals surface area contributed by atoms with Crippen LogP contribution in [-0.2, 0) is 14.8 Å². The van der Waals surface area contributed by atoms with Crippen LogP contribution in [0.2, 0.25) is 5.02 Å². The van der Waals surface area contributed by atoms with Gasteiger partial charge < -0.3 is 15.0 Å². The summed E-state index contributed by atoms with van der Waals surface area (Å²) in [5.41, 5.74) is 2.62. The summed E-state index contributed by atoms with van der Waals surface area (Å²) in [6.45, 7) is 7.53. The van der Waals surface area contributed by atoms with Crippen LogP contribution in [-0.4, -0.2) is 54.1 Å². The third-order valence-corrected chi connectivity index (χ3v) is 8.92. The maximum atomic E-state index is 12.7. The number of hydrogen-bond donors (Lipinski definition) is 2. The van der Waals surface area contributed by atoms with E-state index in [1.807, 2.05) is 45.9 Å². The minimum Gasteiger partial charge on any atom is -0.444 e. The molecule has 1 fully saturated rings. The Hall–Kier alpha value is -3.63. The van der Waals surface area contributed by atoms with Crippen molar-refractivity contribution in [2.45, 2.75) is 76.0 Å². The molecule has 2 aromatic carbocycles. The predicted molar refractivity (Wildman–Crippen MR) is 168 cm³/mol.